The van der Waals surface area contributed by atoms with E-state index in [9.17, 15) is 0 Å². The van der Waals surface area contributed by atoms with Crippen molar-refractivity contribution in [3.8, 4) is 0 Å². The number of hydrogen-bond acceptors (Lipinski definition) is 0. The first-order valence-electron chi connectivity index (χ1n) is 3.30. The van der Waals surface area contributed by atoms with Crippen molar-refractivity contribution < 1.29 is 0 Å². The van der Waals surface area contributed by atoms with E-state index in [2.05, 4.69) is 13.8 Å². The summed E-state index contributed by atoms with van der Waals surface area (Å²) in [5, 5.41) is 1.42. The molecule has 1 aliphatic heterocycles. The maximum absolute atomic E-state index is 2.41. The first-order valence-corrected chi connectivity index (χ1v) is 12.9. The minimum atomic E-state index is 0.672. The van der Waals surface area contributed by atoms with E-state index in [0.717, 1.165) is 14.5 Å². The number of hydrogen-bond donors (Lipinski definition) is 0. The van der Waals surface area contributed by atoms with Crippen LogP contribution >= 0.6 is 0 Å². The molecule has 0 bridgehead atoms. The highest BCUT2D eigenvalue weighted by atomic mass is 29.6. The van der Waals surface area contributed by atoms with Crippen LogP contribution in [0.2, 0.25) is 5.16 Å². The van der Waals surface area contributed by atoms with E-state index in [1.165, 1.54) is 5.16 Å². The highest BCUT2D eigenvalue weighted by molar-refractivity contribution is 7.41. The molecular weight excluding hydrogens is 132 g/mol. The van der Waals surface area contributed by atoms with Crippen molar-refractivity contribution in [1.29, 1.82) is 0 Å². The van der Waals surface area contributed by atoms with Crippen molar-refractivity contribution >= 4 is 26.6 Å². The molecular formula is C4H14Si3. The van der Waals surface area contributed by atoms with Crippen molar-refractivity contribution in [2.45, 2.75) is 19.0 Å². The highest BCUT2D eigenvalue weighted by Crippen LogP contribution is 2.18. The van der Waals surface area contributed by atoms with Crippen LogP contribution in [0.1, 0.15) is 13.8 Å². The fraction of sp³-hybridized carbons (Fsp3) is 1.00. The molecule has 3 heteroatoms. The molecule has 0 radical (unpaired) electrons. The van der Waals surface area contributed by atoms with Crippen LogP contribution in [0, 0.1) is 5.92 Å². The Morgan fingerprint density at radius 1 is 1.29 bits per heavy atom. The van der Waals surface area contributed by atoms with Crippen LogP contribution in [0.5, 0.6) is 0 Å². The Morgan fingerprint density at radius 3 is 1.86 bits per heavy atom. The molecule has 0 unspecified atom stereocenters. The molecule has 0 N–H and O–H groups in total. The summed E-state index contributed by atoms with van der Waals surface area (Å²) >= 11 is 0. The Morgan fingerprint density at radius 2 is 1.86 bits per heavy atom. The molecule has 42 valence electrons. The molecule has 0 aromatic heterocycles. The maximum atomic E-state index is 2.41. The van der Waals surface area contributed by atoms with E-state index in [0.29, 0.717) is 18.1 Å². The third kappa shape index (κ3) is 1.27. The van der Waals surface area contributed by atoms with Gasteiger partial charge in [-0.15, -0.1) is 0 Å². The molecule has 1 heterocycles. The molecule has 0 saturated carbocycles. The number of rotatable bonds is 1. The highest BCUT2D eigenvalue weighted by Gasteiger charge is 2.21. The molecule has 0 spiro atoms. The lowest BCUT2D eigenvalue weighted by Crippen LogP contribution is -2.39. The summed E-state index contributed by atoms with van der Waals surface area (Å²) in [7, 11) is 2.14. The predicted molar refractivity (Wildman–Crippen MR) is 44.2 cm³/mol. The molecule has 1 rings (SSSR count). The van der Waals surface area contributed by atoms with Crippen LogP contribution in [-0.4, -0.2) is 26.6 Å². The average molecular weight is 146 g/mol. The van der Waals surface area contributed by atoms with Crippen molar-refractivity contribution in [1.82, 2.24) is 0 Å². The second kappa shape index (κ2) is 2.28. The largest absolute Gasteiger partial charge is 0.0633 e. The zero-order valence-electron chi connectivity index (χ0n) is 5.28. The first kappa shape index (κ1) is 5.78. The van der Waals surface area contributed by atoms with Crippen molar-refractivity contribution in [3.05, 3.63) is 0 Å². The minimum absolute atomic E-state index is 0.672. The van der Waals surface area contributed by atoms with Crippen molar-refractivity contribution in [2.75, 3.05) is 0 Å². The minimum Gasteiger partial charge on any atom is -0.0633 e. The van der Waals surface area contributed by atoms with E-state index in [1.54, 1.807) is 0 Å². The van der Waals surface area contributed by atoms with Gasteiger partial charge in [-0.3, -0.25) is 0 Å². The lowest BCUT2D eigenvalue weighted by Gasteiger charge is -2.27. The van der Waals surface area contributed by atoms with Crippen molar-refractivity contribution in [3.63, 3.8) is 0 Å². The van der Waals surface area contributed by atoms with Gasteiger partial charge in [-0.05, 0) is 8.55 Å². The molecule has 0 aromatic rings. The summed E-state index contributed by atoms with van der Waals surface area (Å²) < 4.78 is 0. The van der Waals surface area contributed by atoms with Gasteiger partial charge in [0.2, 0.25) is 0 Å². The second-order valence-corrected chi connectivity index (χ2v) is 20.0. The molecule has 7 heavy (non-hydrogen) atoms. The monoisotopic (exact) mass is 146 g/mol. The fourth-order valence-electron chi connectivity index (χ4n) is 1.11. The molecule has 0 aliphatic carbocycles. The van der Waals surface area contributed by atoms with E-state index < -0.39 is 0 Å². The molecule has 0 amide bonds. The fourth-order valence-corrected chi connectivity index (χ4v) is 17.9. The second-order valence-electron chi connectivity index (χ2n) is 2.94. The van der Waals surface area contributed by atoms with E-state index in [4.69, 9.17) is 0 Å². The molecule has 1 saturated heterocycles. The smallest absolute Gasteiger partial charge is 0.00498 e. The van der Waals surface area contributed by atoms with Gasteiger partial charge in [0.15, 0.2) is 0 Å². The third-order valence-electron chi connectivity index (χ3n) is 2.09. The Labute approximate surface area is 52.1 Å². The van der Waals surface area contributed by atoms with E-state index >= 15 is 0 Å². The van der Waals surface area contributed by atoms with Gasteiger partial charge >= 0.3 is 0 Å². The van der Waals surface area contributed by atoms with Crippen LogP contribution in [-0.2, 0) is 0 Å². The van der Waals surface area contributed by atoms with E-state index in [-0.39, 0.29) is 0 Å². The summed E-state index contributed by atoms with van der Waals surface area (Å²) in [6.07, 6.45) is 0. The summed E-state index contributed by atoms with van der Waals surface area (Å²) in [4.78, 5) is 0. The predicted octanol–water partition coefficient (Wildman–Crippen LogP) is -1.26. The van der Waals surface area contributed by atoms with E-state index in [1.807, 2.05) is 0 Å². The Kier molecular flexibility index (Phi) is 1.88. The molecule has 0 aromatic carbocycles. The first-order chi connectivity index (χ1) is 3.30. The van der Waals surface area contributed by atoms with Gasteiger partial charge in [-0.25, -0.2) is 0 Å². The maximum Gasteiger partial charge on any atom is 0.00498 e. The van der Waals surface area contributed by atoms with Crippen LogP contribution in [0.4, 0.5) is 0 Å². The van der Waals surface area contributed by atoms with Crippen LogP contribution < -0.4 is 0 Å². The van der Waals surface area contributed by atoms with Crippen LogP contribution in [0.3, 0.4) is 0 Å². The molecule has 0 atom stereocenters. The quantitative estimate of drug-likeness (QED) is 0.405. The summed E-state index contributed by atoms with van der Waals surface area (Å²) in [6, 6.07) is 0. The Hall–Kier alpha value is 0.651. The summed E-state index contributed by atoms with van der Waals surface area (Å²) in [5.74, 6) is 1.11. The van der Waals surface area contributed by atoms with Gasteiger partial charge in [0.1, 0.15) is 0 Å². The average Bonchev–Trinajstić information content (AvgIpc) is 1.23. The van der Waals surface area contributed by atoms with Crippen LogP contribution in [0.15, 0.2) is 0 Å². The topological polar surface area (TPSA) is 0 Å². The molecule has 1 fully saturated rings. The van der Waals surface area contributed by atoms with Gasteiger partial charge in [-0.1, -0.05) is 24.9 Å². The van der Waals surface area contributed by atoms with Gasteiger partial charge in [0, 0.05) is 18.1 Å². The third-order valence-corrected chi connectivity index (χ3v) is 27.9. The molecule has 0 nitrogen and oxygen atoms in total. The zero-order valence-corrected chi connectivity index (χ0v) is 9.52. The summed E-state index contributed by atoms with van der Waals surface area (Å²) in [5.41, 5.74) is 0. The normalized spacial score (nSPS) is 40.7. The standard InChI is InChI=1S/C4H14Si3/c1-3(2)4-5-7-6-4/h3-4H,5-7H2,1-2H3. The van der Waals surface area contributed by atoms with Gasteiger partial charge in [0.25, 0.3) is 0 Å². The van der Waals surface area contributed by atoms with Crippen LogP contribution in [0.25, 0.3) is 0 Å². The lowest BCUT2D eigenvalue weighted by molar-refractivity contribution is 0.693. The Bertz CT molecular complexity index is 58.0. The lowest BCUT2D eigenvalue weighted by atomic mass is 10.3. The SMILES string of the molecule is CC(C)C1[SiH2][SiH2][SiH2]1. The van der Waals surface area contributed by atoms with Gasteiger partial charge in [-0.2, -0.15) is 0 Å². The van der Waals surface area contributed by atoms with Gasteiger partial charge in [0.05, 0.1) is 0 Å². The molecule has 1 aliphatic rings. The zero-order chi connectivity index (χ0) is 5.28. The summed E-state index contributed by atoms with van der Waals surface area (Å²) in [6.45, 7) is 4.83. The van der Waals surface area contributed by atoms with Crippen molar-refractivity contribution in [2.24, 2.45) is 5.92 Å². The van der Waals surface area contributed by atoms with Gasteiger partial charge < -0.3 is 0 Å². The Balaban J connectivity index is 2.14.